The first-order valence-electron chi connectivity index (χ1n) is 8.08. The molecule has 0 radical (unpaired) electrons. The molecule has 1 unspecified atom stereocenters. The fourth-order valence-corrected chi connectivity index (χ4v) is 2.73. The smallest absolute Gasteiger partial charge is 0.0363 e. The number of nitrogens with zero attached hydrogens (tertiary/aromatic N) is 1. The van der Waals surface area contributed by atoms with Crippen molar-refractivity contribution in [3.63, 3.8) is 0 Å². The third-order valence-corrected chi connectivity index (χ3v) is 4.33. The van der Waals surface area contributed by atoms with Crippen LogP contribution in [0.3, 0.4) is 0 Å². The van der Waals surface area contributed by atoms with E-state index in [0.717, 1.165) is 37.8 Å². The SMILES string of the molecule is CCc1ccc(N(C)CCCC(CCN)C(C)C)cc1. The number of anilines is 1. The molecule has 0 aromatic heterocycles. The zero-order valence-corrected chi connectivity index (χ0v) is 13.7. The Labute approximate surface area is 125 Å². The second-order valence-corrected chi connectivity index (χ2v) is 6.17. The molecule has 2 nitrogen and oxygen atoms in total. The van der Waals surface area contributed by atoms with Crippen molar-refractivity contribution in [2.75, 3.05) is 25.0 Å². The minimum atomic E-state index is 0.743. The molecule has 0 aliphatic carbocycles. The molecule has 0 saturated carbocycles. The highest BCUT2D eigenvalue weighted by Gasteiger charge is 2.12. The van der Waals surface area contributed by atoms with Crippen LogP contribution < -0.4 is 10.6 Å². The Balaban J connectivity index is 2.39. The van der Waals surface area contributed by atoms with E-state index in [4.69, 9.17) is 5.73 Å². The van der Waals surface area contributed by atoms with Crippen LogP contribution in [0.1, 0.15) is 45.6 Å². The van der Waals surface area contributed by atoms with Crippen molar-refractivity contribution in [3.8, 4) is 0 Å². The summed E-state index contributed by atoms with van der Waals surface area (Å²) in [6.07, 6.45) is 4.80. The second-order valence-electron chi connectivity index (χ2n) is 6.17. The minimum Gasteiger partial charge on any atom is -0.375 e. The molecule has 1 aromatic rings. The molecule has 2 heteroatoms. The van der Waals surface area contributed by atoms with Gasteiger partial charge < -0.3 is 10.6 Å². The van der Waals surface area contributed by atoms with Crippen LogP contribution in [0.2, 0.25) is 0 Å². The average molecular weight is 276 g/mol. The normalized spacial score (nSPS) is 12.7. The Morgan fingerprint density at radius 2 is 1.75 bits per heavy atom. The van der Waals surface area contributed by atoms with Crippen molar-refractivity contribution < 1.29 is 0 Å². The van der Waals surface area contributed by atoms with Crippen molar-refractivity contribution in [3.05, 3.63) is 29.8 Å². The van der Waals surface area contributed by atoms with E-state index in [-0.39, 0.29) is 0 Å². The minimum absolute atomic E-state index is 0.743. The van der Waals surface area contributed by atoms with E-state index in [1.807, 2.05) is 0 Å². The molecular formula is C18H32N2. The van der Waals surface area contributed by atoms with Gasteiger partial charge in [-0.25, -0.2) is 0 Å². The van der Waals surface area contributed by atoms with Crippen LogP contribution in [0.4, 0.5) is 5.69 Å². The van der Waals surface area contributed by atoms with E-state index in [9.17, 15) is 0 Å². The highest BCUT2D eigenvalue weighted by molar-refractivity contribution is 5.46. The quantitative estimate of drug-likeness (QED) is 0.736. The van der Waals surface area contributed by atoms with Gasteiger partial charge in [-0.1, -0.05) is 32.9 Å². The van der Waals surface area contributed by atoms with Gasteiger partial charge in [0.2, 0.25) is 0 Å². The van der Waals surface area contributed by atoms with Gasteiger partial charge in [-0.2, -0.15) is 0 Å². The van der Waals surface area contributed by atoms with Crippen LogP contribution >= 0.6 is 0 Å². The molecule has 0 heterocycles. The average Bonchev–Trinajstić information content (AvgIpc) is 2.46. The summed E-state index contributed by atoms with van der Waals surface area (Å²) >= 11 is 0. The maximum Gasteiger partial charge on any atom is 0.0363 e. The van der Waals surface area contributed by atoms with E-state index in [2.05, 4.69) is 57.0 Å². The zero-order valence-electron chi connectivity index (χ0n) is 13.7. The molecule has 0 amide bonds. The van der Waals surface area contributed by atoms with Gasteiger partial charge in [-0.15, -0.1) is 0 Å². The van der Waals surface area contributed by atoms with Gasteiger partial charge in [0.05, 0.1) is 0 Å². The largest absolute Gasteiger partial charge is 0.375 e. The van der Waals surface area contributed by atoms with Gasteiger partial charge in [-0.3, -0.25) is 0 Å². The van der Waals surface area contributed by atoms with Crippen LogP contribution in [-0.4, -0.2) is 20.1 Å². The molecule has 0 aliphatic heterocycles. The molecule has 1 rings (SSSR count). The highest BCUT2D eigenvalue weighted by Crippen LogP contribution is 2.21. The fraction of sp³-hybridized carbons (Fsp3) is 0.667. The van der Waals surface area contributed by atoms with Crippen molar-refractivity contribution in [1.82, 2.24) is 0 Å². The summed E-state index contributed by atoms with van der Waals surface area (Å²) in [5.41, 5.74) is 8.44. The van der Waals surface area contributed by atoms with E-state index in [1.54, 1.807) is 0 Å². The van der Waals surface area contributed by atoms with Crippen molar-refractivity contribution in [1.29, 1.82) is 0 Å². The van der Waals surface area contributed by atoms with Crippen LogP contribution in [0, 0.1) is 11.8 Å². The summed E-state index contributed by atoms with van der Waals surface area (Å²) in [6, 6.07) is 8.94. The highest BCUT2D eigenvalue weighted by atomic mass is 15.1. The Hall–Kier alpha value is -1.02. The third kappa shape index (κ3) is 5.54. The van der Waals surface area contributed by atoms with Gasteiger partial charge in [0, 0.05) is 19.3 Å². The second kappa shape index (κ2) is 9.02. The summed E-state index contributed by atoms with van der Waals surface area (Å²) in [4.78, 5) is 2.36. The van der Waals surface area contributed by atoms with Gasteiger partial charge in [0.25, 0.3) is 0 Å². The molecule has 0 aliphatic rings. The molecule has 0 fully saturated rings. The van der Waals surface area contributed by atoms with Gasteiger partial charge >= 0.3 is 0 Å². The summed E-state index contributed by atoms with van der Waals surface area (Å²) in [5, 5.41) is 0. The number of rotatable bonds is 9. The number of benzene rings is 1. The summed E-state index contributed by atoms with van der Waals surface area (Å²) < 4.78 is 0. The number of nitrogens with two attached hydrogens (primary N) is 1. The van der Waals surface area contributed by atoms with Crippen molar-refractivity contribution in [2.24, 2.45) is 17.6 Å². The standard InChI is InChI=1S/C18H32N2/c1-5-16-8-10-18(11-9-16)20(4)14-6-7-17(12-13-19)15(2)3/h8-11,15,17H,5-7,12-14,19H2,1-4H3. The summed E-state index contributed by atoms with van der Waals surface area (Å²) in [6.45, 7) is 8.76. The zero-order chi connectivity index (χ0) is 15.0. The maximum absolute atomic E-state index is 5.71. The molecule has 0 spiro atoms. The molecule has 2 N–H and O–H groups in total. The van der Waals surface area contributed by atoms with Crippen LogP contribution in [-0.2, 0) is 6.42 Å². The fourth-order valence-electron chi connectivity index (χ4n) is 2.73. The third-order valence-electron chi connectivity index (χ3n) is 4.33. The monoisotopic (exact) mass is 276 g/mol. The van der Waals surface area contributed by atoms with E-state index in [0.29, 0.717) is 0 Å². The molecular weight excluding hydrogens is 244 g/mol. The number of hydrogen-bond acceptors (Lipinski definition) is 2. The summed E-state index contributed by atoms with van der Waals surface area (Å²) in [5.74, 6) is 1.52. The Morgan fingerprint density at radius 1 is 1.10 bits per heavy atom. The Kier molecular flexibility index (Phi) is 7.68. The lowest BCUT2D eigenvalue weighted by Gasteiger charge is -2.23. The topological polar surface area (TPSA) is 29.3 Å². The molecule has 1 atom stereocenters. The van der Waals surface area contributed by atoms with Crippen molar-refractivity contribution in [2.45, 2.75) is 46.5 Å². The van der Waals surface area contributed by atoms with Gasteiger partial charge in [0.1, 0.15) is 0 Å². The summed E-state index contributed by atoms with van der Waals surface area (Å²) in [7, 11) is 2.19. The lowest BCUT2D eigenvalue weighted by atomic mass is 9.88. The molecule has 1 aromatic carbocycles. The van der Waals surface area contributed by atoms with Crippen LogP contribution in [0.15, 0.2) is 24.3 Å². The Bertz CT molecular complexity index is 356. The predicted octanol–water partition coefficient (Wildman–Crippen LogP) is 4.09. The van der Waals surface area contributed by atoms with Crippen LogP contribution in [0.5, 0.6) is 0 Å². The van der Waals surface area contributed by atoms with Gasteiger partial charge in [-0.05, 0) is 61.8 Å². The predicted molar refractivity (Wildman–Crippen MR) is 90.3 cm³/mol. The maximum atomic E-state index is 5.71. The van der Waals surface area contributed by atoms with Crippen LogP contribution in [0.25, 0.3) is 0 Å². The number of hydrogen-bond donors (Lipinski definition) is 1. The first kappa shape index (κ1) is 17.0. The molecule has 0 saturated heterocycles. The van der Waals surface area contributed by atoms with Gasteiger partial charge in [0.15, 0.2) is 0 Å². The van der Waals surface area contributed by atoms with E-state index in [1.165, 1.54) is 24.1 Å². The van der Waals surface area contributed by atoms with E-state index >= 15 is 0 Å². The molecule has 0 bridgehead atoms. The molecule has 114 valence electrons. The lowest BCUT2D eigenvalue weighted by molar-refractivity contribution is 0.334. The first-order chi connectivity index (χ1) is 9.58. The Morgan fingerprint density at radius 3 is 2.25 bits per heavy atom. The number of aryl methyl sites for hydroxylation is 1. The van der Waals surface area contributed by atoms with E-state index < -0.39 is 0 Å². The first-order valence-corrected chi connectivity index (χ1v) is 8.08. The van der Waals surface area contributed by atoms with Crippen molar-refractivity contribution >= 4 is 5.69 Å². The lowest BCUT2D eigenvalue weighted by Crippen LogP contribution is -2.21. The molecule has 20 heavy (non-hydrogen) atoms.